The molecule has 2 aliphatic heterocycles. The van der Waals surface area contributed by atoms with Crippen LogP contribution >= 0.6 is 0 Å². The lowest BCUT2D eigenvalue weighted by Crippen LogP contribution is -2.49. The minimum absolute atomic E-state index is 0.133. The van der Waals surface area contributed by atoms with Crippen LogP contribution in [0.25, 0.3) is 0 Å². The molecule has 1 amide bonds. The number of carbonyl (C=O) groups is 1. The van der Waals surface area contributed by atoms with E-state index < -0.39 is 0 Å². The number of rotatable bonds is 4. The maximum atomic E-state index is 13.2. The van der Waals surface area contributed by atoms with E-state index in [1.807, 2.05) is 29.2 Å². The van der Waals surface area contributed by atoms with Crippen LogP contribution in [0.15, 0.2) is 24.3 Å². The lowest BCUT2D eigenvalue weighted by molar-refractivity contribution is 0.0762. The molecule has 2 heterocycles. The number of benzene rings is 1. The van der Waals surface area contributed by atoms with Gasteiger partial charge in [-0.05, 0) is 44.2 Å². The number of amides is 1. The molecule has 1 aromatic carbocycles. The Bertz CT molecular complexity index is 609. The molecule has 26 heavy (non-hydrogen) atoms. The Kier molecular flexibility index (Phi) is 5.75. The molecule has 0 aromatic heterocycles. The molecule has 0 radical (unpaired) electrons. The van der Waals surface area contributed by atoms with Gasteiger partial charge in [-0.25, -0.2) is 0 Å². The third-order valence-electron chi connectivity index (χ3n) is 6.08. The van der Waals surface area contributed by atoms with Crippen molar-refractivity contribution in [2.45, 2.75) is 50.7 Å². The zero-order valence-corrected chi connectivity index (χ0v) is 15.7. The molecule has 142 valence electrons. The van der Waals surface area contributed by atoms with Crippen LogP contribution in [0.5, 0.6) is 5.75 Å². The van der Waals surface area contributed by atoms with Gasteiger partial charge in [-0.2, -0.15) is 0 Å². The number of ether oxygens (including phenoxy) is 1. The zero-order valence-electron chi connectivity index (χ0n) is 15.7. The highest BCUT2D eigenvalue weighted by molar-refractivity contribution is 5.97. The highest BCUT2D eigenvalue weighted by atomic mass is 16.5. The molecule has 5 nitrogen and oxygen atoms in total. The summed E-state index contributed by atoms with van der Waals surface area (Å²) < 4.78 is 6.24. The first-order chi connectivity index (χ1) is 12.8. The molecule has 1 aliphatic carbocycles. The SMILES string of the molecule is O=C(c1ccccc1OC1CCCCC1)N1CCC(N2CCNCC2)C1. The maximum Gasteiger partial charge on any atom is 0.257 e. The average Bonchev–Trinajstić information content (AvgIpc) is 3.20. The molecule has 1 aromatic rings. The highest BCUT2D eigenvalue weighted by Crippen LogP contribution is 2.28. The number of para-hydroxylation sites is 1. The third kappa shape index (κ3) is 4.04. The predicted octanol–water partition coefficient (Wildman–Crippen LogP) is 2.52. The Morgan fingerprint density at radius 2 is 1.77 bits per heavy atom. The molecule has 0 spiro atoms. The molecule has 1 N–H and O–H groups in total. The summed E-state index contributed by atoms with van der Waals surface area (Å²) in [6, 6.07) is 8.32. The summed E-state index contributed by atoms with van der Waals surface area (Å²) >= 11 is 0. The van der Waals surface area contributed by atoms with Crippen molar-refractivity contribution >= 4 is 5.91 Å². The largest absolute Gasteiger partial charge is 0.490 e. The fourth-order valence-electron chi connectivity index (χ4n) is 4.55. The minimum atomic E-state index is 0.133. The van der Waals surface area contributed by atoms with Crippen molar-refractivity contribution in [1.29, 1.82) is 0 Å². The molecule has 3 fully saturated rings. The molecule has 1 unspecified atom stereocenters. The van der Waals surface area contributed by atoms with E-state index in [0.717, 1.165) is 69.8 Å². The van der Waals surface area contributed by atoms with Gasteiger partial charge in [0.25, 0.3) is 5.91 Å². The van der Waals surface area contributed by atoms with Crippen LogP contribution in [0.2, 0.25) is 0 Å². The summed E-state index contributed by atoms with van der Waals surface area (Å²) in [6.45, 7) is 5.99. The Morgan fingerprint density at radius 3 is 2.58 bits per heavy atom. The van der Waals surface area contributed by atoms with Crippen molar-refractivity contribution in [3.05, 3.63) is 29.8 Å². The number of hydrogen-bond donors (Lipinski definition) is 1. The summed E-state index contributed by atoms with van der Waals surface area (Å²) in [5, 5.41) is 3.41. The first kappa shape index (κ1) is 17.8. The van der Waals surface area contributed by atoms with Gasteiger partial charge in [0, 0.05) is 45.3 Å². The van der Waals surface area contributed by atoms with Crippen LogP contribution in [0.3, 0.4) is 0 Å². The van der Waals surface area contributed by atoms with Crippen molar-refractivity contribution in [2.24, 2.45) is 0 Å². The molecule has 4 rings (SSSR count). The Balaban J connectivity index is 1.41. The van der Waals surface area contributed by atoms with Crippen LogP contribution in [-0.2, 0) is 0 Å². The van der Waals surface area contributed by atoms with Gasteiger partial charge in [0.2, 0.25) is 0 Å². The summed E-state index contributed by atoms with van der Waals surface area (Å²) in [7, 11) is 0. The van der Waals surface area contributed by atoms with Gasteiger partial charge in [0.15, 0.2) is 0 Å². The van der Waals surface area contributed by atoms with E-state index in [-0.39, 0.29) is 12.0 Å². The number of piperazine rings is 1. The second kappa shape index (κ2) is 8.40. The molecule has 3 aliphatic rings. The van der Waals surface area contributed by atoms with Crippen molar-refractivity contribution in [3.8, 4) is 5.75 Å². The van der Waals surface area contributed by atoms with E-state index in [9.17, 15) is 4.79 Å². The Labute approximate surface area is 156 Å². The summed E-state index contributed by atoms with van der Waals surface area (Å²) in [6.07, 6.45) is 7.34. The molecule has 1 atom stereocenters. The lowest BCUT2D eigenvalue weighted by Gasteiger charge is -2.32. The fraction of sp³-hybridized carbons (Fsp3) is 0.667. The van der Waals surface area contributed by atoms with Crippen molar-refractivity contribution in [1.82, 2.24) is 15.1 Å². The van der Waals surface area contributed by atoms with Crippen LogP contribution in [-0.4, -0.2) is 67.1 Å². The molecular weight excluding hydrogens is 326 g/mol. The summed E-state index contributed by atoms with van der Waals surface area (Å²) in [5.74, 6) is 0.907. The number of likely N-dealkylation sites (tertiary alicyclic amines) is 1. The second-order valence-electron chi connectivity index (χ2n) is 7.85. The Morgan fingerprint density at radius 1 is 1.00 bits per heavy atom. The molecule has 5 heteroatoms. The fourth-order valence-corrected chi connectivity index (χ4v) is 4.55. The van der Waals surface area contributed by atoms with Gasteiger partial charge >= 0.3 is 0 Å². The van der Waals surface area contributed by atoms with E-state index in [0.29, 0.717) is 6.04 Å². The predicted molar refractivity (Wildman–Crippen MR) is 103 cm³/mol. The van der Waals surface area contributed by atoms with Gasteiger partial charge in [0.05, 0.1) is 11.7 Å². The highest BCUT2D eigenvalue weighted by Gasteiger charge is 2.32. The van der Waals surface area contributed by atoms with Crippen molar-refractivity contribution < 1.29 is 9.53 Å². The van der Waals surface area contributed by atoms with Crippen LogP contribution < -0.4 is 10.1 Å². The van der Waals surface area contributed by atoms with Gasteiger partial charge in [-0.3, -0.25) is 9.69 Å². The van der Waals surface area contributed by atoms with E-state index in [4.69, 9.17) is 4.74 Å². The van der Waals surface area contributed by atoms with Gasteiger partial charge < -0.3 is 15.0 Å². The molecule has 0 bridgehead atoms. The normalized spacial score (nSPS) is 25.4. The first-order valence-corrected chi connectivity index (χ1v) is 10.3. The summed E-state index contributed by atoms with van der Waals surface area (Å²) in [5.41, 5.74) is 0.735. The van der Waals surface area contributed by atoms with E-state index in [1.54, 1.807) is 0 Å². The minimum Gasteiger partial charge on any atom is -0.490 e. The third-order valence-corrected chi connectivity index (χ3v) is 6.08. The molecular formula is C21H31N3O2. The number of nitrogens with zero attached hydrogens (tertiary/aromatic N) is 2. The monoisotopic (exact) mass is 357 g/mol. The smallest absolute Gasteiger partial charge is 0.257 e. The van der Waals surface area contributed by atoms with Crippen LogP contribution in [0.1, 0.15) is 48.9 Å². The average molecular weight is 357 g/mol. The van der Waals surface area contributed by atoms with Crippen LogP contribution in [0, 0.1) is 0 Å². The quantitative estimate of drug-likeness (QED) is 0.899. The zero-order chi connectivity index (χ0) is 17.8. The van der Waals surface area contributed by atoms with Crippen LogP contribution in [0.4, 0.5) is 0 Å². The molecule has 2 saturated heterocycles. The van der Waals surface area contributed by atoms with Crippen molar-refractivity contribution in [3.63, 3.8) is 0 Å². The van der Waals surface area contributed by atoms with Gasteiger partial charge in [-0.15, -0.1) is 0 Å². The van der Waals surface area contributed by atoms with E-state index >= 15 is 0 Å². The standard InChI is InChI=1S/C21H31N3O2/c25-21(24-13-10-17(16-24)23-14-11-22-12-15-23)19-8-4-5-9-20(19)26-18-6-2-1-3-7-18/h4-5,8-9,17-18,22H,1-3,6-7,10-16H2. The number of nitrogens with one attached hydrogen (secondary N) is 1. The first-order valence-electron chi connectivity index (χ1n) is 10.3. The summed E-state index contributed by atoms with van der Waals surface area (Å²) in [4.78, 5) is 17.7. The van der Waals surface area contributed by atoms with E-state index in [1.165, 1.54) is 19.3 Å². The molecule has 1 saturated carbocycles. The topological polar surface area (TPSA) is 44.8 Å². The number of hydrogen-bond acceptors (Lipinski definition) is 4. The maximum absolute atomic E-state index is 13.2. The van der Waals surface area contributed by atoms with Gasteiger partial charge in [-0.1, -0.05) is 18.6 Å². The lowest BCUT2D eigenvalue weighted by atomic mass is 9.97. The second-order valence-corrected chi connectivity index (χ2v) is 7.85. The van der Waals surface area contributed by atoms with Crippen molar-refractivity contribution in [2.75, 3.05) is 39.3 Å². The van der Waals surface area contributed by atoms with E-state index in [2.05, 4.69) is 10.2 Å². The van der Waals surface area contributed by atoms with Gasteiger partial charge in [0.1, 0.15) is 5.75 Å². The Hall–Kier alpha value is -1.59. The number of carbonyl (C=O) groups excluding carboxylic acids is 1.